The summed E-state index contributed by atoms with van der Waals surface area (Å²) in [5, 5.41) is 21.8. The number of aryl methyl sites for hydroxylation is 3. The molecule has 30 heavy (non-hydrogen) atoms. The fourth-order valence-corrected chi connectivity index (χ4v) is 5.04. The maximum atomic E-state index is 10.5. The van der Waals surface area contributed by atoms with Crippen molar-refractivity contribution in [1.82, 2.24) is 4.57 Å². The standard InChI is InChI=1S/C25H30N2O2S/c1-4-17-12-20(25(29)14-24(17)28)16(2)27(15-30)18-10-11-23-21(13-18)19-8-6-5-7-9-22(19)26(23)3/h10-14,28-30H,2,4-9,15H2,1,3H3. The Morgan fingerprint density at radius 1 is 1.10 bits per heavy atom. The Bertz CT molecular complexity index is 1120. The molecule has 0 saturated carbocycles. The zero-order valence-corrected chi connectivity index (χ0v) is 18.7. The normalized spacial score (nSPS) is 13.8. The zero-order chi connectivity index (χ0) is 21.4. The number of thiol groups is 1. The van der Waals surface area contributed by atoms with Crippen LogP contribution in [-0.4, -0.2) is 20.7 Å². The Hall–Kier alpha value is -2.53. The van der Waals surface area contributed by atoms with Crippen molar-refractivity contribution in [3.8, 4) is 11.5 Å². The Kier molecular flexibility index (Phi) is 5.74. The van der Waals surface area contributed by atoms with Crippen LogP contribution >= 0.6 is 12.6 Å². The molecule has 0 amide bonds. The molecule has 1 aliphatic carbocycles. The van der Waals surface area contributed by atoms with Crippen LogP contribution in [0.5, 0.6) is 11.5 Å². The first-order valence-electron chi connectivity index (χ1n) is 10.7. The van der Waals surface area contributed by atoms with E-state index in [4.69, 9.17) is 0 Å². The average Bonchev–Trinajstić information content (AvgIpc) is 2.89. The van der Waals surface area contributed by atoms with Crippen molar-refractivity contribution in [1.29, 1.82) is 0 Å². The van der Waals surface area contributed by atoms with Crippen LogP contribution in [0.4, 0.5) is 5.69 Å². The Labute approximate surface area is 183 Å². The minimum absolute atomic E-state index is 0.0242. The van der Waals surface area contributed by atoms with Gasteiger partial charge in [0.25, 0.3) is 0 Å². The molecule has 0 saturated heterocycles. The van der Waals surface area contributed by atoms with Crippen LogP contribution in [-0.2, 0) is 26.3 Å². The van der Waals surface area contributed by atoms with E-state index in [0.29, 0.717) is 23.6 Å². The minimum Gasteiger partial charge on any atom is -0.508 e. The van der Waals surface area contributed by atoms with Crippen LogP contribution in [0.15, 0.2) is 36.9 Å². The number of aromatic nitrogens is 1. The first-order valence-corrected chi connectivity index (χ1v) is 11.3. The third-order valence-electron chi connectivity index (χ3n) is 6.43. The lowest BCUT2D eigenvalue weighted by Crippen LogP contribution is -2.19. The summed E-state index contributed by atoms with van der Waals surface area (Å²) in [7, 11) is 2.17. The van der Waals surface area contributed by atoms with E-state index in [2.05, 4.69) is 49.0 Å². The lowest BCUT2D eigenvalue weighted by Gasteiger charge is -2.26. The lowest BCUT2D eigenvalue weighted by molar-refractivity contribution is 0.445. The molecule has 0 fully saturated rings. The first kappa shape index (κ1) is 20.7. The molecule has 0 atom stereocenters. The highest BCUT2D eigenvalue weighted by molar-refractivity contribution is 7.80. The number of fused-ring (bicyclic) bond motifs is 3. The van der Waals surface area contributed by atoms with Gasteiger partial charge in [-0.3, -0.25) is 0 Å². The van der Waals surface area contributed by atoms with Crippen molar-refractivity contribution in [2.24, 2.45) is 7.05 Å². The van der Waals surface area contributed by atoms with E-state index >= 15 is 0 Å². The largest absolute Gasteiger partial charge is 0.508 e. The summed E-state index contributed by atoms with van der Waals surface area (Å²) in [5.74, 6) is 0.565. The molecule has 1 aliphatic rings. The van der Waals surface area contributed by atoms with Gasteiger partial charge in [-0.25, -0.2) is 0 Å². The molecule has 2 N–H and O–H groups in total. The fourth-order valence-electron chi connectivity index (χ4n) is 4.70. The highest BCUT2D eigenvalue weighted by Gasteiger charge is 2.20. The topological polar surface area (TPSA) is 48.6 Å². The minimum atomic E-state index is 0.0242. The SMILES string of the molecule is C=C(c1cc(CC)c(O)cc1O)N(CS)c1ccc2c(c1)c1c(n2C)CCCCC1. The van der Waals surface area contributed by atoms with Crippen LogP contribution in [0.1, 0.15) is 48.6 Å². The predicted octanol–water partition coefficient (Wildman–Crippen LogP) is 5.79. The third-order valence-corrected chi connectivity index (χ3v) is 6.71. The Morgan fingerprint density at radius 3 is 2.60 bits per heavy atom. The van der Waals surface area contributed by atoms with E-state index < -0.39 is 0 Å². The molecule has 1 heterocycles. The maximum Gasteiger partial charge on any atom is 0.128 e. The molecule has 2 aromatic carbocycles. The highest BCUT2D eigenvalue weighted by atomic mass is 32.1. The molecule has 0 unspecified atom stereocenters. The molecule has 4 nitrogen and oxygen atoms in total. The molecule has 5 heteroatoms. The summed E-state index contributed by atoms with van der Waals surface area (Å²) in [6, 6.07) is 9.73. The first-order chi connectivity index (χ1) is 14.5. The second-order valence-corrected chi connectivity index (χ2v) is 8.40. The molecule has 158 valence electrons. The molecule has 3 aromatic rings. The van der Waals surface area contributed by atoms with Crippen LogP contribution in [0.25, 0.3) is 16.6 Å². The van der Waals surface area contributed by atoms with Gasteiger partial charge in [0.15, 0.2) is 0 Å². The number of nitrogens with zero attached hydrogens (tertiary/aromatic N) is 2. The van der Waals surface area contributed by atoms with Crippen molar-refractivity contribution >= 4 is 34.9 Å². The summed E-state index contributed by atoms with van der Waals surface area (Å²) in [6.07, 6.45) is 6.71. The van der Waals surface area contributed by atoms with Crippen LogP contribution in [0.2, 0.25) is 0 Å². The quantitative estimate of drug-likeness (QED) is 0.277. The van der Waals surface area contributed by atoms with Gasteiger partial charge < -0.3 is 19.7 Å². The van der Waals surface area contributed by atoms with E-state index in [0.717, 1.165) is 24.1 Å². The molecule has 0 radical (unpaired) electrons. The van der Waals surface area contributed by atoms with Gasteiger partial charge in [-0.1, -0.05) is 19.9 Å². The Morgan fingerprint density at radius 2 is 1.87 bits per heavy atom. The van der Waals surface area contributed by atoms with Gasteiger partial charge in [-0.2, -0.15) is 12.6 Å². The number of phenolic OH excluding ortho intramolecular Hbond substituents is 2. The van der Waals surface area contributed by atoms with Gasteiger partial charge in [-0.05, 0) is 67.5 Å². The van der Waals surface area contributed by atoms with Gasteiger partial charge in [0, 0.05) is 46.7 Å². The smallest absolute Gasteiger partial charge is 0.128 e. The predicted molar refractivity (Wildman–Crippen MR) is 129 cm³/mol. The number of hydrogen-bond acceptors (Lipinski definition) is 4. The molecule has 0 bridgehead atoms. The second-order valence-electron chi connectivity index (χ2n) is 8.11. The number of benzene rings is 2. The number of aromatic hydroxyl groups is 2. The van der Waals surface area contributed by atoms with Crippen LogP contribution in [0.3, 0.4) is 0 Å². The van der Waals surface area contributed by atoms with Crippen molar-refractivity contribution in [3.05, 3.63) is 59.3 Å². The van der Waals surface area contributed by atoms with Crippen LogP contribution < -0.4 is 4.90 Å². The molecular formula is C25H30N2O2S. The number of anilines is 1. The van der Waals surface area contributed by atoms with Gasteiger partial charge in [0.1, 0.15) is 11.5 Å². The van der Waals surface area contributed by atoms with Crippen molar-refractivity contribution in [2.45, 2.75) is 45.4 Å². The second kappa shape index (κ2) is 8.31. The van der Waals surface area contributed by atoms with E-state index in [1.54, 1.807) is 0 Å². The monoisotopic (exact) mass is 422 g/mol. The highest BCUT2D eigenvalue weighted by Crippen LogP contribution is 2.38. The molecule has 0 spiro atoms. The number of phenols is 2. The molecule has 1 aromatic heterocycles. The van der Waals surface area contributed by atoms with Crippen LogP contribution in [0, 0.1) is 0 Å². The molecule has 0 aliphatic heterocycles. The Balaban J connectivity index is 1.78. The van der Waals surface area contributed by atoms with Gasteiger partial charge >= 0.3 is 0 Å². The summed E-state index contributed by atoms with van der Waals surface area (Å²) >= 11 is 4.56. The van der Waals surface area contributed by atoms with Gasteiger partial charge in [0.05, 0.1) is 5.88 Å². The maximum absolute atomic E-state index is 10.5. The molecular weight excluding hydrogens is 392 g/mol. The van der Waals surface area contributed by atoms with E-state index in [1.165, 1.54) is 47.5 Å². The van der Waals surface area contributed by atoms with E-state index in [1.807, 2.05) is 17.9 Å². The van der Waals surface area contributed by atoms with E-state index in [9.17, 15) is 10.2 Å². The van der Waals surface area contributed by atoms with Crippen molar-refractivity contribution in [2.75, 3.05) is 10.8 Å². The van der Waals surface area contributed by atoms with Gasteiger partial charge in [0.2, 0.25) is 0 Å². The third kappa shape index (κ3) is 3.45. The molecule has 4 rings (SSSR count). The average molecular weight is 423 g/mol. The summed E-state index contributed by atoms with van der Waals surface area (Å²) < 4.78 is 2.35. The fraction of sp³-hybridized carbons (Fsp3) is 0.360. The van der Waals surface area contributed by atoms with E-state index in [-0.39, 0.29) is 11.5 Å². The van der Waals surface area contributed by atoms with Crippen molar-refractivity contribution in [3.63, 3.8) is 0 Å². The summed E-state index contributed by atoms with van der Waals surface area (Å²) in [6.45, 7) is 6.23. The summed E-state index contributed by atoms with van der Waals surface area (Å²) in [4.78, 5) is 2.00. The van der Waals surface area contributed by atoms with Gasteiger partial charge in [-0.15, -0.1) is 0 Å². The lowest BCUT2D eigenvalue weighted by atomic mass is 10.0. The number of rotatable bonds is 5. The van der Waals surface area contributed by atoms with Crippen molar-refractivity contribution < 1.29 is 10.2 Å². The zero-order valence-electron chi connectivity index (χ0n) is 17.8. The summed E-state index contributed by atoms with van der Waals surface area (Å²) in [5.41, 5.74) is 7.26. The number of hydrogen-bond donors (Lipinski definition) is 3.